The van der Waals surface area contributed by atoms with E-state index in [-0.39, 0.29) is 5.04 Å². The van der Waals surface area contributed by atoms with E-state index in [1.54, 1.807) is 0 Å². The van der Waals surface area contributed by atoms with Gasteiger partial charge in [-0.15, -0.1) is 6.58 Å². The fourth-order valence-electron chi connectivity index (χ4n) is 6.71. The summed E-state index contributed by atoms with van der Waals surface area (Å²) in [7, 11) is -2.83. The molecule has 0 N–H and O–H groups in total. The Hall–Kier alpha value is -3.40. The highest BCUT2D eigenvalue weighted by atomic mass is 28.4. The summed E-state index contributed by atoms with van der Waals surface area (Å²) in [5.74, 6) is -1.41. The lowest BCUT2D eigenvalue weighted by atomic mass is 10.1. The summed E-state index contributed by atoms with van der Waals surface area (Å²) >= 11 is 0. The molecule has 2 aliphatic heterocycles. The number of unbranched alkanes of at least 4 members (excludes halogenated alkanes) is 1. The summed E-state index contributed by atoms with van der Waals surface area (Å²) in [6, 6.07) is 41.2. The van der Waals surface area contributed by atoms with E-state index in [1.165, 1.54) is 10.4 Å². The highest BCUT2D eigenvalue weighted by Crippen LogP contribution is 2.46. The summed E-state index contributed by atoms with van der Waals surface area (Å²) < 4.78 is 40.5. The molecule has 2 heterocycles. The first-order valence-corrected chi connectivity index (χ1v) is 18.5. The molecule has 4 aromatic rings. The van der Waals surface area contributed by atoms with Crippen LogP contribution in [0.5, 0.6) is 0 Å². The van der Waals surface area contributed by atoms with Crippen LogP contribution in [0.1, 0.15) is 44.7 Å². The minimum Gasteiger partial charge on any atom is -0.405 e. The van der Waals surface area contributed by atoms with Gasteiger partial charge in [0, 0.05) is 5.56 Å². The molecule has 47 heavy (non-hydrogen) atoms. The van der Waals surface area contributed by atoms with Crippen molar-refractivity contribution in [1.29, 1.82) is 0 Å². The molecule has 7 heteroatoms. The van der Waals surface area contributed by atoms with E-state index in [0.29, 0.717) is 19.8 Å². The van der Waals surface area contributed by atoms with Crippen molar-refractivity contribution in [2.24, 2.45) is 0 Å². The van der Waals surface area contributed by atoms with Crippen LogP contribution in [0.25, 0.3) is 0 Å². The van der Waals surface area contributed by atoms with Gasteiger partial charge in [-0.3, -0.25) is 4.74 Å². The zero-order valence-corrected chi connectivity index (χ0v) is 28.6. The normalized spacial score (nSPS) is 24.2. The molecular weight excluding hydrogens is 605 g/mol. The van der Waals surface area contributed by atoms with E-state index in [2.05, 4.69) is 100 Å². The fourth-order valence-corrected chi connectivity index (χ4v) is 11.3. The van der Waals surface area contributed by atoms with Gasteiger partial charge >= 0.3 is 5.97 Å². The van der Waals surface area contributed by atoms with Crippen molar-refractivity contribution in [3.63, 3.8) is 0 Å². The van der Waals surface area contributed by atoms with Gasteiger partial charge in [0.05, 0.1) is 19.8 Å². The predicted molar refractivity (Wildman–Crippen MR) is 187 cm³/mol. The summed E-state index contributed by atoms with van der Waals surface area (Å²) in [5, 5.41) is 2.24. The average Bonchev–Trinajstić information content (AvgIpc) is 3.62. The monoisotopic (exact) mass is 650 g/mol. The predicted octanol–water partition coefficient (Wildman–Crippen LogP) is 7.08. The van der Waals surface area contributed by atoms with E-state index >= 15 is 0 Å². The van der Waals surface area contributed by atoms with Gasteiger partial charge in [0.15, 0.2) is 6.29 Å². The first kappa shape index (κ1) is 33.5. The second kappa shape index (κ2) is 14.8. The van der Waals surface area contributed by atoms with E-state index < -0.39 is 38.9 Å². The molecule has 2 saturated heterocycles. The van der Waals surface area contributed by atoms with E-state index in [9.17, 15) is 0 Å². The first-order chi connectivity index (χ1) is 22.9. The zero-order valence-electron chi connectivity index (χ0n) is 27.6. The van der Waals surface area contributed by atoms with Gasteiger partial charge in [-0.25, -0.2) is 0 Å². The van der Waals surface area contributed by atoms with Crippen LogP contribution in [0.4, 0.5) is 0 Å². The Kier molecular flexibility index (Phi) is 10.5. The Labute approximate surface area is 280 Å². The Morgan fingerprint density at radius 1 is 0.787 bits per heavy atom. The lowest BCUT2D eigenvalue weighted by Gasteiger charge is -2.43. The highest BCUT2D eigenvalue weighted by Gasteiger charge is 2.61. The van der Waals surface area contributed by atoms with Crippen LogP contribution in [0.3, 0.4) is 0 Å². The van der Waals surface area contributed by atoms with E-state index in [1.807, 2.05) is 54.6 Å². The van der Waals surface area contributed by atoms with Gasteiger partial charge < -0.3 is 23.4 Å². The Morgan fingerprint density at radius 2 is 1.36 bits per heavy atom. The third kappa shape index (κ3) is 7.08. The Morgan fingerprint density at radius 3 is 1.94 bits per heavy atom. The number of ether oxygens (including phenoxy) is 5. The van der Waals surface area contributed by atoms with Crippen LogP contribution in [0.15, 0.2) is 134 Å². The van der Waals surface area contributed by atoms with Crippen molar-refractivity contribution in [1.82, 2.24) is 0 Å². The second-order valence-corrected chi connectivity index (χ2v) is 17.5. The summed E-state index contributed by atoms with van der Waals surface area (Å²) in [6.07, 6.45) is 1.36. The lowest BCUT2D eigenvalue weighted by Crippen LogP contribution is -2.67. The van der Waals surface area contributed by atoms with E-state index in [4.69, 9.17) is 28.1 Å². The van der Waals surface area contributed by atoms with Crippen molar-refractivity contribution in [3.05, 3.63) is 145 Å². The van der Waals surface area contributed by atoms with Crippen LogP contribution in [-0.4, -0.2) is 46.1 Å². The maximum Gasteiger partial charge on any atom is 0.314 e. The minimum atomic E-state index is -2.83. The van der Waals surface area contributed by atoms with Crippen LogP contribution in [0, 0.1) is 0 Å². The molecule has 0 aromatic heterocycles. The summed E-state index contributed by atoms with van der Waals surface area (Å²) in [6.45, 7) is 11.8. The standard InChI is InChI=1S/C40H46O6Si/c1-5-6-19-28-42-40(32-22-13-8-14-23-32)45-37-36(41-29-31-20-11-7-12-21-31)35(44-38(37)46-40)30-43-47(39(2,3)4,33-24-15-9-16-25-33)34-26-17-10-18-27-34/h5,7-18,20-27,35-38H,1,6,19,28-30H2,2-4H3/t35-,36-,37+,38+,40?/m1/s1. The molecule has 0 saturated carbocycles. The molecule has 5 atom stereocenters. The second-order valence-electron chi connectivity index (χ2n) is 13.2. The van der Waals surface area contributed by atoms with E-state index in [0.717, 1.165) is 24.0 Å². The van der Waals surface area contributed by atoms with Crippen LogP contribution >= 0.6 is 0 Å². The van der Waals surface area contributed by atoms with Gasteiger partial charge in [-0.2, -0.15) is 0 Å². The lowest BCUT2D eigenvalue weighted by molar-refractivity contribution is -0.377. The molecule has 0 aliphatic carbocycles. The number of benzene rings is 4. The first-order valence-electron chi connectivity index (χ1n) is 16.6. The number of hydrogen-bond acceptors (Lipinski definition) is 6. The van der Waals surface area contributed by atoms with Gasteiger partial charge in [0.25, 0.3) is 8.32 Å². The van der Waals surface area contributed by atoms with Crippen molar-refractivity contribution in [2.45, 2.75) is 75.8 Å². The molecule has 246 valence electrons. The maximum atomic E-state index is 7.31. The number of fused-ring (bicyclic) bond motifs is 1. The quantitative estimate of drug-likeness (QED) is 0.0826. The average molecular weight is 651 g/mol. The van der Waals surface area contributed by atoms with Crippen LogP contribution < -0.4 is 10.4 Å². The fraction of sp³-hybridized carbons (Fsp3) is 0.350. The number of hydrogen-bond donors (Lipinski definition) is 0. The Balaban J connectivity index is 1.31. The molecule has 2 fully saturated rings. The van der Waals surface area contributed by atoms with Gasteiger partial charge in [-0.1, -0.05) is 148 Å². The zero-order chi connectivity index (χ0) is 32.7. The molecule has 4 aromatic carbocycles. The third-order valence-electron chi connectivity index (χ3n) is 8.97. The van der Waals surface area contributed by atoms with Gasteiger partial charge in [0.2, 0.25) is 0 Å². The minimum absolute atomic E-state index is 0.181. The van der Waals surface area contributed by atoms with Crippen LogP contribution in [0.2, 0.25) is 5.04 Å². The maximum absolute atomic E-state index is 7.31. The molecular formula is C40H46O6Si. The molecule has 6 rings (SSSR count). The largest absolute Gasteiger partial charge is 0.405 e. The number of allylic oxidation sites excluding steroid dienone is 1. The van der Waals surface area contributed by atoms with Crippen molar-refractivity contribution >= 4 is 18.7 Å². The van der Waals surface area contributed by atoms with Crippen molar-refractivity contribution in [3.8, 4) is 0 Å². The van der Waals surface area contributed by atoms with Crippen molar-refractivity contribution in [2.75, 3.05) is 13.2 Å². The highest BCUT2D eigenvalue weighted by molar-refractivity contribution is 6.99. The van der Waals surface area contributed by atoms with Crippen LogP contribution in [-0.2, 0) is 40.7 Å². The SMILES string of the molecule is C=CCCCOC1(c2ccccc2)O[C@@H]2O[C@H](CO[Si](c3ccccc3)(c3ccccc3)C(C)(C)C)[C@@H](OCc3ccccc3)[C@@H]2O1. The topological polar surface area (TPSA) is 55.4 Å². The number of rotatable bonds is 14. The molecule has 1 unspecified atom stereocenters. The Bertz CT molecular complexity index is 1510. The third-order valence-corrected chi connectivity index (χ3v) is 14.0. The summed E-state index contributed by atoms with van der Waals surface area (Å²) in [5.41, 5.74) is 1.84. The smallest absolute Gasteiger partial charge is 0.314 e. The van der Waals surface area contributed by atoms with Crippen molar-refractivity contribution < 1.29 is 28.1 Å². The van der Waals surface area contributed by atoms with Gasteiger partial charge in [0.1, 0.15) is 18.3 Å². The molecule has 0 spiro atoms. The molecule has 2 aliphatic rings. The molecule has 0 radical (unpaired) electrons. The molecule has 0 amide bonds. The molecule has 6 nitrogen and oxygen atoms in total. The molecule has 0 bridgehead atoms. The summed E-state index contributed by atoms with van der Waals surface area (Å²) in [4.78, 5) is 0. The van der Waals surface area contributed by atoms with Gasteiger partial charge in [-0.05, 0) is 33.8 Å².